The van der Waals surface area contributed by atoms with Crippen molar-refractivity contribution in [1.29, 1.82) is 0 Å². The van der Waals surface area contributed by atoms with Crippen LogP contribution in [0.25, 0.3) is 21.5 Å². The molecule has 0 unspecified atom stereocenters. The number of thiophene rings is 1. The summed E-state index contributed by atoms with van der Waals surface area (Å²) in [5.74, 6) is 0.575. The van der Waals surface area contributed by atoms with E-state index in [4.69, 9.17) is 9.26 Å². The van der Waals surface area contributed by atoms with E-state index >= 15 is 0 Å². The van der Waals surface area contributed by atoms with E-state index in [0.29, 0.717) is 11.4 Å². The number of ether oxygens (including phenoxy) is 1. The van der Waals surface area contributed by atoms with Crippen molar-refractivity contribution in [3.05, 3.63) is 65.1 Å². The molecule has 0 aliphatic carbocycles. The van der Waals surface area contributed by atoms with Gasteiger partial charge >= 0.3 is 5.97 Å². The van der Waals surface area contributed by atoms with Gasteiger partial charge in [0.25, 0.3) is 5.89 Å². The van der Waals surface area contributed by atoms with E-state index in [2.05, 4.69) is 15.1 Å². The van der Waals surface area contributed by atoms with Crippen LogP contribution in [0, 0.1) is 0 Å². The maximum Gasteiger partial charge on any atom is 0.339 e. The van der Waals surface area contributed by atoms with Crippen molar-refractivity contribution in [3.8, 4) is 10.6 Å². The van der Waals surface area contributed by atoms with Gasteiger partial charge in [0.05, 0.1) is 21.7 Å². The molecule has 0 saturated carbocycles. The molecule has 0 amide bonds. The Labute approximate surface area is 159 Å². The largest absolute Gasteiger partial charge is 0.452 e. The lowest BCUT2D eigenvalue weighted by Crippen LogP contribution is -2.07. The predicted molar refractivity (Wildman–Crippen MR) is 103 cm³/mol. The molecule has 0 spiro atoms. The summed E-state index contributed by atoms with van der Waals surface area (Å²) in [6.07, 6.45) is 0. The number of hydrogen-bond donors (Lipinski definition) is 0. The summed E-state index contributed by atoms with van der Waals surface area (Å²) >= 11 is 1.57. The Morgan fingerprint density at radius 1 is 1.19 bits per heavy atom. The van der Waals surface area contributed by atoms with Gasteiger partial charge in [0.1, 0.15) is 0 Å². The van der Waals surface area contributed by atoms with Crippen LogP contribution in [0.2, 0.25) is 0 Å². The van der Waals surface area contributed by atoms with Gasteiger partial charge in [0, 0.05) is 11.3 Å². The number of aromatic nitrogens is 3. The van der Waals surface area contributed by atoms with Crippen LogP contribution >= 0.6 is 11.3 Å². The van der Waals surface area contributed by atoms with Crippen LogP contribution in [-0.2, 0) is 11.3 Å². The smallest absolute Gasteiger partial charge is 0.339 e. The minimum absolute atomic E-state index is 0.0659. The van der Waals surface area contributed by atoms with Gasteiger partial charge in [0.15, 0.2) is 12.4 Å². The average Bonchev–Trinajstić information content (AvgIpc) is 3.37. The third kappa shape index (κ3) is 3.59. The molecule has 6 nitrogen and oxygen atoms in total. The summed E-state index contributed by atoms with van der Waals surface area (Å²) in [6.45, 7) is 3.87. The Hall–Kier alpha value is -3.06. The Bertz CT molecular complexity index is 1090. The maximum atomic E-state index is 12.8. The van der Waals surface area contributed by atoms with Gasteiger partial charge in [0.2, 0.25) is 0 Å². The molecular formula is C20H17N3O3S. The van der Waals surface area contributed by atoms with E-state index < -0.39 is 5.97 Å². The summed E-state index contributed by atoms with van der Waals surface area (Å²) in [5.41, 5.74) is 1.96. The van der Waals surface area contributed by atoms with Gasteiger partial charge in [-0.3, -0.25) is 0 Å². The Kier molecular flexibility index (Phi) is 4.68. The van der Waals surface area contributed by atoms with Crippen molar-refractivity contribution in [2.24, 2.45) is 0 Å². The van der Waals surface area contributed by atoms with E-state index in [1.165, 1.54) is 0 Å². The lowest BCUT2D eigenvalue weighted by Gasteiger charge is -2.08. The highest BCUT2D eigenvalue weighted by molar-refractivity contribution is 7.13. The van der Waals surface area contributed by atoms with Crippen molar-refractivity contribution in [3.63, 3.8) is 0 Å². The number of benzene rings is 1. The second kappa shape index (κ2) is 7.28. The van der Waals surface area contributed by atoms with E-state index in [-0.39, 0.29) is 18.4 Å². The summed E-state index contributed by atoms with van der Waals surface area (Å²) in [4.78, 5) is 22.6. The van der Waals surface area contributed by atoms with Gasteiger partial charge in [-0.05, 0) is 23.6 Å². The molecule has 0 radical (unpaired) electrons. The molecule has 7 heteroatoms. The van der Waals surface area contributed by atoms with Crippen molar-refractivity contribution >= 4 is 28.2 Å². The Balaban J connectivity index is 1.64. The number of carbonyl (C=O) groups excluding carboxylic acids is 1. The molecule has 4 rings (SSSR count). The fourth-order valence-corrected chi connectivity index (χ4v) is 3.35. The zero-order chi connectivity index (χ0) is 18.8. The molecule has 0 bridgehead atoms. The van der Waals surface area contributed by atoms with Crippen LogP contribution in [0.3, 0.4) is 0 Å². The average molecular weight is 379 g/mol. The highest BCUT2D eigenvalue weighted by Crippen LogP contribution is 2.28. The molecule has 0 aliphatic rings. The monoisotopic (exact) mass is 379 g/mol. The van der Waals surface area contributed by atoms with Crippen LogP contribution in [0.4, 0.5) is 0 Å². The number of hydrogen-bond acceptors (Lipinski definition) is 7. The highest BCUT2D eigenvalue weighted by atomic mass is 32.1. The number of nitrogens with zero attached hydrogens (tertiary/aromatic N) is 3. The van der Waals surface area contributed by atoms with Gasteiger partial charge in [-0.1, -0.05) is 43.3 Å². The molecule has 0 N–H and O–H groups in total. The van der Waals surface area contributed by atoms with Crippen LogP contribution in [0.5, 0.6) is 0 Å². The van der Waals surface area contributed by atoms with E-state index in [1.54, 1.807) is 17.4 Å². The zero-order valence-electron chi connectivity index (χ0n) is 14.9. The molecule has 3 heterocycles. The second-order valence-corrected chi connectivity index (χ2v) is 7.27. The molecule has 4 aromatic rings. The molecule has 0 saturated heterocycles. The predicted octanol–water partition coefficient (Wildman–Crippen LogP) is 4.83. The van der Waals surface area contributed by atoms with Gasteiger partial charge in [-0.25, -0.2) is 9.78 Å². The molecule has 136 valence electrons. The minimum Gasteiger partial charge on any atom is -0.452 e. The number of fused-ring (bicyclic) bond motifs is 1. The molecule has 0 fully saturated rings. The first-order valence-corrected chi connectivity index (χ1v) is 9.43. The molecule has 0 aliphatic heterocycles. The van der Waals surface area contributed by atoms with Crippen molar-refractivity contribution in [2.45, 2.75) is 26.4 Å². The van der Waals surface area contributed by atoms with Crippen LogP contribution in [-0.4, -0.2) is 21.1 Å². The summed E-state index contributed by atoms with van der Waals surface area (Å²) < 4.78 is 10.6. The van der Waals surface area contributed by atoms with Crippen molar-refractivity contribution in [2.75, 3.05) is 0 Å². The van der Waals surface area contributed by atoms with Crippen LogP contribution < -0.4 is 0 Å². The fraction of sp³-hybridized carbons (Fsp3) is 0.200. The Morgan fingerprint density at radius 3 is 2.78 bits per heavy atom. The number of rotatable bonds is 5. The third-order valence-corrected chi connectivity index (χ3v) is 4.93. The Morgan fingerprint density at radius 2 is 2.04 bits per heavy atom. The summed E-state index contributed by atoms with van der Waals surface area (Å²) in [6, 6.07) is 13.2. The molecule has 0 atom stereocenters. The van der Waals surface area contributed by atoms with E-state index in [9.17, 15) is 4.79 Å². The molecule has 1 aromatic carbocycles. The number of para-hydroxylation sites is 1. The molecule has 27 heavy (non-hydrogen) atoms. The lowest BCUT2D eigenvalue weighted by molar-refractivity contribution is 0.0432. The SMILES string of the molecule is CC(C)c1noc(COC(=O)c2cc(-c3cccs3)nc3ccccc23)n1. The minimum atomic E-state index is -0.448. The molecule has 3 aromatic heterocycles. The first-order valence-electron chi connectivity index (χ1n) is 8.55. The number of esters is 1. The summed E-state index contributed by atoms with van der Waals surface area (Å²) in [7, 11) is 0. The topological polar surface area (TPSA) is 78.1 Å². The quantitative estimate of drug-likeness (QED) is 0.462. The lowest BCUT2D eigenvalue weighted by atomic mass is 10.1. The standard InChI is InChI=1S/C20H17N3O3S/c1-12(2)19-22-18(26-23-19)11-25-20(24)14-10-16(17-8-5-9-27-17)21-15-7-4-3-6-13(14)15/h3-10,12H,11H2,1-2H3. The van der Waals surface area contributed by atoms with Gasteiger partial charge in [-0.2, -0.15) is 4.98 Å². The van der Waals surface area contributed by atoms with E-state index in [1.807, 2.05) is 55.6 Å². The number of carbonyl (C=O) groups is 1. The first kappa shape index (κ1) is 17.4. The number of pyridine rings is 1. The summed E-state index contributed by atoms with van der Waals surface area (Å²) in [5, 5.41) is 6.60. The molecular weight excluding hydrogens is 362 g/mol. The highest BCUT2D eigenvalue weighted by Gasteiger charge is 2.17. The van der Waals surface area contributed by atoms with Crippen molar-refractivity contribution in [1.82, 2.24) is 15.1 Å². The fourth-order valence-electron chi connectivity index (χ4n) is 2.66. The van der Waals surface area contributed by atoms with Gasteiger partial charge < -0.3 is 9.26 Å². The first-order chi connectivity index (χ1) is 13.1. The third-order valence-electron chi connectivity index (χ3n) is 4.04. The normalized spacial score (nSPS) is 11.2. The van der Waals surface area contributed by atoms with Gasteiger partial charge in [-0.15, -0.1) is 11.3 Å². The van der Waals surface area contributed by atoms with Crippen LogP contribution in [0.1, 0.15) is 41.8 Å². The second-order valence-electron chi connectivity index (χ2n) is 6.33. The zero-order valence-corrected chi connectivity index (χ0v) is 15.7. The van der Waals surface area contributed by atoms with Crippen LogP contribution in [0.15, 0.2) is 52.4 Å². The van der Waals surface area contributed by atoms with Crippen molar-refractivity contribution < 1.29 is 14.1 Å². The van der Waals surface area contributed by atoms with E-state index in [0.717, 1.165) is 21.5 Å². The maximum absolute atomic E-state index is 12.8.